The summed E-state index contributed by atoms with van der Waals surface area (Å²) in [6.45, 7) is 2.17. The molecular weight excluding hydrogens is 425 g/mol. The number of benzene rings is 1. The van der Waals surface area contributed by atoms with E-state index in [9.17, 15) is 9.59 Å². The molecule has 28 heavy (non-hydrogen) atoms. The molecule has 146 valence electrons. The Morgan fingerprint density at radius 3 is 2.71 bits per heavy atom. The van der Waals surface area contributed by atoms with Crippen LogP contribution in [0.3, 0.4) is 0 Å². The summed E-state index contributed by atoms with van der Waals surface area (Å²) >= 11 is 12.9. The number of hydrogen-bond donors (Lipinski definition) is 0. The maximum absolute atomic E-state index is 12.1. The van der Waals surface area contributed by atoms with E-state index in [0.29, 0.717) is 33.9 Å². The van der Waals surface area contributed by atoms with E-state index in [2.05, 4.69) is 10.2 Å². The van der Waals surface area contributed by atoms with Gasteiger partial charge in [0.25, 0.3) is 0 Å². The van der Waals surface area contributed by atoms with Gasteiger partial charge in [-0.1, -0.05) is 35.0 Å². The van der Waals surface area contributed by atoms with Crippen molar-refractivity contribution in [3.63, 3.8) is 0 Å². The summed E-state index contributed by atoms with van der Waals surface area (Å²) in [5, 5.41) is 9.36. The first-order valence-electron chi connectivity index (χ1n) is 8.23. The van der Waals surface area contributed by atoms with E-state index in [4.69, 9.17) is 32.4 Å². The van der Waals surface area contributed by atoms with Crippen LogP contribution in [0.15, 0.2) is 46.2 Å². The van der Waals surface area contributed by atoms with Crippen LogP contribution in [-0.4, -0.2) is 38.9 Å². The maximum atomic E-state index is 12.1. The number of thioether (sulfide) groups is 1. The number of furan rings is 1. The number of carbonyl (C=O) groups is 2. The molecule has 0 atom stereocenters. The summed E-state index contributed by atoms with van der Waals surface area (Å²) in [6, 6.07) is 8.03. The smallest absolute Gasteiger partial charge is 0.316 e. The highest BCUT2D eigenvalue weighted by Crippen LogP contribution is 2.25. The molecule has 0 bridgehead atoms. The summed E-state index contributed by atoms with van der Waals surface area (Å²) in [5.41, 5.74) is 0.323. The van der Waals surface area contributed by atoms with Gasteiger partial charge in [-0.15, -0.1) is 10.2 Å². The molecule has 0 unspecified atom stereocenters. The molecule has 1 aromatic carbocycles. The van der Waals surface area contributed by atoms with Gasteiger partial charge in [-0.25, -0.2) is 0 Å². The molecule has 10 heteroatoms. The number of ketones is 1. The van der Waals surface area contributed by atoms with Crippen molar-refractivity contribution in [3.8, 4) is 11.6 Å². The Morgan fingerprint density at radius 2 is 2.04 bits per heavy atom. The van der Waals surface area contributed by atoms with Gasteiger partial charge in [0.05, 0.1) is 22.1 Å². The number of carbonyl (C=O) groups excluding carboxylic acids is 2. The Hall–Kier alpha value is -2.29. The molecule has 0 amide bonds. The molecule has 3 aromatic rings. The first kappa shape index (κ1) is 20.4. The standard InChI is InChI=1S/C18H15Cl2N3O4S/c1-2-23-17(15-4-3-7-26-15)21-22-18(23)28-10-16(25)27-9-14(24)11-5-6-12(19)13(20)8-11/h3-8H,2,9-10H2,1H3. The highest BCUT2D eigenvalue weighted by molar-refractivity contribution is 7.99. The topological polar surface area (TPSA) is 87.2 Å². The molecule has 0 aliphatic heterocycles. The largest absolute Gasteiger partial charge is 0.461 e. The van der Waals surface area contributed by atoms with Crippen molar-refractivity contribution in [2.24, 2.45) is 0 Å². The van der Waals surface area contributed by atoms with Gasteiger partial charge in [-0.3, -0.25) is 14.2 Å². The number of aromatic nitrogens is 3. The Labute approximate surface area is 175 Å². The van der Waals surface area contributed by atoms with Crippen molar-refractivity contribution < 1.29 is 18.7 Å². The van der Waals surface area contributed by atoms with Crippen LogP contribution in [0.2, 0.25) is 10.0 Å². The van der Waals surface area contributed by atoms with Crippen LogP contribution < -0.4 is 0 Å². The van der Waals surface area contributed by atoms with Gasteiger partial charge in [0, 0.05) is 12.1 Å². The number of rotatable bonds is 8. The summed E-state index contributed by atoms with van der Waals surface area (Å²) in [4.78, 5) is 24.1. The average Bonchev–Trinajstić information content (AvgIpc) is 3.35. The number of halogens is 2. The highest BCUT2D eigenvalue weighted by atomic mass is 35.5. The molecule has 2 aromatic heterocycles. The van der Waals surface area contributed by atoms with E-state index in [1.165, 1.54) is 30.0 Å². The van der Waals surface area contributed by atoms with Gasteiger partial charge < -0.3 is 9.15 Å². The van der Waals surface area contributed by atoms with E-state index in [1.54, 1.807) is 18.4 Å². The lowest BCUT2D eigenvalue weighted by molar-refractivity contribution is -0.139. The lowest BCUT2D eigenvalue weighted by Crippen LogP contribution is -2.16. The van der Waals surface area contributed by atoms with Gasteiger partial charge in [-0.2, -0.15) is 0 Å². The van der Waals surface area contributed by atoms with Crippen molar-refractivity contribution in [1.82, 2.24) is 14.8 Å². The van der Waals surface area contributed by atoms with Crippen molar-refractivity contribution in [1.29, 1.82) is 0 Å². The monoisotopic (exact) mass is 439 g/mol. The molecule has 0 spiro atoms. The second kappa shape index (κ2) is 9.27. The minimum Gasteiger partial charge on any atom is -0.461 e. The van der Waals surface area contributed by atoms with Gasteiger partial charge in [0.2, 0.25) is 0 Å². The fourth-order valence-electron chi connectivity index (χ4n) is 2.33. The van der Waals surface area contributed by atoms with Crippen molar-refractivity contribution in [2.45, 2.75) is 18.6 Å². The zero-order valence-electron chi connectivity index (χ0n) is 14.7. The highest BCUT2D eigenvalue weighted by Gasteiger charge is 2.17. The van der Waals surface area contributed by atoms with Crippen LogP contribution in [0.4, 0.5) is 0 Å². The van der Waals surface area contributed by atoms with E-state index >= 15 is 0 Å². The molecule has 3 rings (SSSR count). The minimum absolute atomic E-state index is 0.00899. The summed E-state index contributed by atoms with van der Waals surface area (Å²) in [6.07, 6.45) is 1.55. The number of hydrogen-bond acceptors (Lipinski definition) is 7. The van der Waals surface area contributed by atoms with Gasteiger partial charge in [0.1, 0.15) is 0 Å². The van der Waals surface area contributed by atoms with Crippen LogP contribution in [-0.2, 0) is 16.1 Å². The van der Waals surface area contributed by atoms with Crippen LogP contribution >= 0.6 is 35.0 Å². The third kappa shape index (κ3) is 4.76. The van der Waals surface area contributed by atoms with Crippen LogP contribution in [0.1, 0.15) is 17.3 Å². The fraction of sp³-hybridized carbons (Fsp3) is 0.222. The first-order valence-corrected chi connectivity index (χ1v) is 9.97. The number of nitrogens with zero attached hydrogens (tertiary/aromatic N) is 3. The third-order valence-electron chi connectivity index (χ3n) is 3.70. The van der Waals surface area contributed by atoms with Crippen LogP contribution in [0.5, 0.6) is 0 Å². The zero-order chi connectivity index (χ0) is 20.1. The maximum Gasteiger partial charge on any atom is 0.316 e. The zero-order valence-corrected chi connectivity index (χ0v) is 17.1. The normalized spacial score (nSPS) is 10.8. The van der Waals surface area contributed by atoms with Crippen molar-refractivity contribution in [2.75, 3.05) is 12.4 Å². The molecular formula is C18H15Cl2N3O4S. The third-order valence-corrected chi connectivity index (χ3v) is 5.38. The Morgan fingerprint density at radius 1 is 1.21 bits per heavy atom. The summed E-state index contributed by atoms with van der Waals surface area (Å²) in [5.74, 6) is 0.261. The minimum atomic E-state index is -0.538. The molecule has 2 heterocycles. The lowest BCUT2D eigenvalue weighted by Gasteiger charge is -2.07. The van der Waals surface area contributed by atoms with Gasteiger partial charge >= 0.3 is 5.97 Å². The quantitative estimate of drug-likeness (QED) is 0.292. The molecule has 0 N–H and O–H groups in total. The second-order valence-corrected chi connectivity index (χ2v) is 7.29. The predicted molar refractivity (Wildman–Crippen MR) is 106 cm³/mol. The Bertz CT molecular complexity index is 989. The van der Waals surface area contributed by atoms with Gasteiger partial charge in [0.15, 0.2) is 29.1 Å². The van der Waals surface area contributed by atoms with E-state index in [0.717, 1.165) is 0 Å². The van der Waals surface area contributed by atoms with E-state index in [-0.39, 0.29) is 23.2 Å². The van der Waals surface area contributed by atoms with Crippen LogP contribution in [0.25, 0.3) is 11.6 Å². The molecule has 0 aliphatic carbocycles. The Kier molecular flexibility index (Phi) is 6.77. The van der Waals surface area contributed by atoms with Crippen LogP contribution in [0, 0.1) is 0 Å². The molecule has 0 saturated heterocycles. The van der Waals surface area contributed by atoms with Crippen molar-refractivity contribution >= 4 is 46.7 Å². The SMILES string of the molecule is CCn1c(SCC(=O)OCC(=O)c2ccc(Cl)c(Cl)c2)nnc1-c1ccco1. The average molecular weight is 440 g/mol. The summed E-state index contributed by atoms with van der Waals surface area (Å²) in [7, 11) is 0. The van der Waals surface area contributed by atoms with E-state index in [1.807, 2.05) is 11.5 Å². The fourth-order valence-corrected chi connectivity index (χ4v) is 3.43. The first-order chi connectivity index (χ1) is 13.5. The second-order valence-electron chi connectivity index (χ2n) is 5.53. The molecule has 0 fully saturated rings. The van der Waals surface area contributed by atoms with Gasteiger partial charge in [-0.05, 0) is 37.3 Å². The predicted octanol–water partition coefficient (Wildman–Crippen LogP) is 4.38. The number of ether oxygens (including phenoxy) is 1. The Balaban J connectivity index is 1.54. The lowest BCUT2D eigenvalue weighted by atomic mass is 10.1. The van der Waals surface area contributed by atoms with E-state index < -0.39 is 5.97 Å². The molecule has 0 radical (unpaired) electrons. The number of esters is 1. The van der Waals surface area contributed by atoms with Crippen molar-refractivity contribution in [3.05, 3.63) is 52.2 Å². The number of Topliss-reactive ketones (excluding diaryl/α,β-unsaturated/α-hetero) is 1. The summed E-state index contributed by atoms with van der Waals surface area (Å²) < 4.78 is 12.2. The molecule has 0 aliphatic rings. The molecule has 0 saturated carbocycles. The molecule has 7 nitrogen and oxygen atoms in total.